The minimum Gasteiger partial charge on any atom is -0.497 e. The van der Waals surface area contributed by atoms with Crippen molar-refractivity contribution in [3.05, 3.63) is 24.0 Å². The fourth-order valence-corrected chi connectivity index (χ4v) is 2.79. The first-order valence-corrected chi connectivity index (χ1v) is 9.51. The average Bonchev–Trinajstić information content (AvgIpc) is 2.77. The first kappa shape index (κ1) is 21.4. The van der Waals surface area contributed by atoms with Crippen LogP contribution in [0.4, 0.5) is 22.4 Å². The number of amides is 2. The summed E-state index contributed by atoms with van der Waals surface area (Å²) in [6, 6.07) is 4.73. The van der Waals surface area contributed by atoms with Gasteiger partial charge in [-0.3, -0.25) is 0 Å². The summed E-state index contributed by atoms with van der Waals surface area (Å²) in [6.45, 7) is 2.82. The monoisotopic (exact) mass is 417 g/mol. The SMILES string of the molecule is COc1cc(NC(=O)NCc2nc(N(C)C)nc(N3CCOCC3)n2)cc(OC)c1. The molecule has 1 fully saturated rings. The fourth-order valence-electron chi connectivity index (χ4n) is 2.79. The zero-order valence-electron chi connectivity index (χ0n) is 17.6. The highest BCUT2D eigenvalue weighted by molar-refractivity contribution is 5.89. The topological polar surface area (TPSA) is 114 Å². The number of anilines is 3. The Morgan fingerprint density at radius 2 is 1.77 bits per heavy atom. The molecule has 1 aliphatic heterocycles. The molecule has 2 N–H and O–H groups in total. The van der Waals surface area contributed by atoms with Crippen LogP contribution in [-0.4, -0.2) is 75.6 Å². The number of rotatable bonds is 7. The third-order valence-corrected chi connectivity index (χ3v) is 4.37. The van der Waals surface area contributed by atoms with Crippen molar-refractivity contribution in [3.63, 3.8) is 0 Å². The summed E-state index contributed by atoms with van der Waals surface area (Å²) in [7, 11) is 6.82. The lowest BCUT2D eigenvalue weighted by molar-refractivity contribution is 0.122. The summed E-state index contributed by atoms with van der Waals surface area (Å²) in [6.07, 6.45) is 0. The van der Waals surface area contributed by atoms with E-state index in [2.05, 4.69) is 25.6 Å². The normalized spacial score (nSPS) is 13.5. The van der Waals surface area contributed by atoms with Gasteiger partial charge in [-0.2, -0.15) is 15.0 Å². The lowest BCUT2D eigenvalue weighted by Crippen LogP contribution is -2.38. The molecule has 1 aliphatic rings. The maximum Gasteiger partial charge on any atom is 0.319 e. The van der Waals surface area contributed by atoms with Gasteiger partial charge in [-0.25, -0.2) is 4.79 Å². The molecule has 2 heterocycles. The molecule has 0 spiro atoms. The number of benzene rings is 1. The zero-order chi connectivity index (χ0) is 21.5. The Hall–Kier alpha value is -3.34. The van der Waals surface area contributed by atoms with E-state index in [0.717, 1.165) is 0 Å². The fraction of sp³-hybridized carbons (Fsp3) is 0.474. The van der Waals surface area contributed by atoms with Crippen LogP contribution in [0.1, 0.15) is 5.82 Å². The van der Waals surface area contributed by atoms with Crippen LogP contribution < -0.4 is 29.9 Å². The van der Waals surface area contributed by atoms with Crippen LogP contribution in [0.5, 0.6) is 11.5 Å². The van der Waals surface area contributed by atoms with Crippen LogP contribution >= 0.6 is 0 Å². The van der Waals surface area contributed by atoms with Gasteiger partial charge in [-0.15, -0.1) is 0 Å². The van der Waals surface area contributed by atoms with Crippen molar-refractivity contribution >= 4 is 23.6 Å². The lowest BCUT2D eigenvalue weighted by Gasteiger charge is -2.27. The Bertz CT molecular complexity index is 850. The smallest absolute Gasteiger partial charge is 0.319 e. The zero-order valence-corrected chi connectivity index (χ0v) is 17.6. The minimum absolute atomic E-state index is 0.146. The first-order chi connectivity index (χ1) is 14.5. The van der Waals surface area contributed by atoms with Gasteiger partial charge in [-0.05, 0) is 0 Å². The molecule has 1 aromatic heterocycles. The van der Waals surface area contributed by atoms with Gasteiger partial charge in [0, 0.05) is 51.1 Å². The van der Waals surface area contributed by atoms with Crippen molar-refractivity contribution in [2.75, 3.05) is 69.7 Å². The number of nitrogens with zero attached hydrogens (tertiary/aromatic N) is 5. The second kappa shape index (κ2) is 9.92. The van der Waals surface area contributed by atoms with Crippen molar-refractivity contribution in [2.24, 2.45) is 0 Å². The third-order valence-electron chi connectivity index (χ3n) is 4.37. The number of morpholine rings is 1. The van der Waals surface area contributed by atoms with Gasteiger partial charge in [0.15, 0.2) is 5.82 Å². The molecule has 0 radical (unpaired) electrons. The molecular formula is C19H27N7O4. The Kier molecular flexibility index (Phi) is 7.07. The molecule has 0 aliphatic carbocycles. The maximum absolute atomic E-state index is 12.4. The quantitative estimate of drug-likeness (QED) is 0.684. The predicted molar refractivity (Wildman–Crippen MR) is 113 cm³/mol. The highest BCUT2D eigenvalue weighted by atomic mass is 16.5. The van der Waals surface area contributed by atoms with Crippen LogP contribution in [0.3, 0.4) is 0 Å². The molecule has 0 bridgehead atoms. The van der Waals surface area contributed by atoms with Crippen molar-refractivity contribution in [1.29, 1.82) is 0 Å². The van der Waals surface area contributed by atoms with E-state index in [-0.39, 0.29) is 6.54 Å². The number of ether oxygens (including phenoxy) is 3. The summed E-state index contributed by atoms with van der Waals surface area (Å²) < 4.78 is 15.8. The van der Waals surface area contributed by atoms with Gasteiger partial charge < -0.3 is 34.6 Å². The summed E-state index contributed by atoms with van der Waals surface area (Å²) in [5.41, 5.74) is 0.544. The molecule has 0 unspecified atom stereocenters. The molecule has 1 aromatic carbocycles. The van der Waals surface area contributed by atoms with Crippen molar-refractivity contribution in [3.8, 4) is 11.5 Å². The van der Waals surface area contributed by atoms with Crippen LogP contribution in [-0.2, 0) is 11.3 Å². The molecular weight excluding hydrogens is 390 g/mol. The van der Waals surface area contributed by atoms with Gasteiger partial charge >= 0.3 is 6.03 Å². The van der Waals surface area contributed by atoms with E-state index < -0.39 is 6.03 Å². The summed E-state index contributed by atoms with van der Waals surface area (Å²) >= 11 is 0. The van der Waals surface area contributed by atoms with Gasteiger partial charge in [0.05, 0.1) is 34.0 Å². The Morgan fingerprint density at radius 1 is 1.10 bits per heavy atom. The Balaban J connectivity index is 1.68. The van der Waals surface area contributed by atoms with Crippen molar-refractivity contribution < 1.29 is 19.0 Å². The predicted octanol–water partition coefficient (Wildman–Crippen LogP) is 1.11. The van der Waals surface area contributed by atoms with Crippen molar-refractivity contribution in [2.45, 2.75) is 6.54 Å². The molecule has 3 rings (SSSR count). The van der Waals surface area contributed by atoms with Gasteiger partial charge in [0.2, 0.25) is 11.9 Å². The number of carbonyl (C=O) groups excluding carboxylic acids is 1. The number of nitrogens with one attached hydrogen (secondary N) is 2. The minimum atomic E-state index is -0.398. The van der Waals surface area contributed by atoms with Gasteiger partial charge in [0.1, 0.15) is 11.5 Å². The Morgan fingerprint density at radius 3 is 2.37 bits per heavy atom. The van der Waals surface area contributed by atoms with Gasteiger partial charge in [-0.1, -0.05) is 0 Å². The number of carbonyl (C=O) groups is 1. The molecule has 0 atom stereocenters. The largest absolute Gasteiger partial charge is 0.497 e. The molecule has 162 valence electrons. The molecule has 11 nitrogen and oxygen atoms in total. The van der Waals surface area contributed by atoms with E-state index in [9.17, 15) is 4.79 Å². The number of hydrogen-bond acceptors (Lipinski definition) is 9. The summed E-state index contributed by atoms with van der Waals surface area (Å²) in [5.74, 6) is 2.72. The van der Waals surface area contributed by atoms with Crippen LogP contribution in [0.25, 0.3) is 0 Å². The molecule has 1 saturated heterocycles. The number of hydrogen-bond donors (Lipinski definition) is 2. The van der Waals surface area contributed by atoms with E-state index in [1.54, 1.807) is 37.3 Å². The van der Waals surface area contributed by atoms with Crippen LogP contribution in [0.2, 0.25) is 0 Å². The second-order valence-corrected chi connectivity index (χ2v) is 6.75. The lowest BCUT2D eigenvalue weighted by atomic mass is 10.3. The van der Waals surface area contributed by atoms with Gasteiger partial charge in [0.25, 0.3) is 0 Å². The summed E-state index contributed by atoms with van der Waals surface area (Å²) in [5, 5.41) is 5.53. The molecule has 2 aromatic rings. The average molecular weight is 417 g/mol. The number of aromatic nitrogens is 3. The Labute approximate surface area is 175 Å². The van der Waals surface area contributed by atoms with Crippen LogP contribution in [0.15, 0.2) is 18.2 Å². The van der Waals surface area contributed by atoms with E-state index in [0.29, 0.717) is 61.2 Å². The highest BCUT2D eigenvalue weighted by Gasteiger charge is 2.17. The first-order valence-electron chi connectivity index (χ1n) is 9.51. The second-order valence-electron chi connectivity index (χ2n) is 6.75. The van der Waals surface area contributed by atoms with E-state index >= 15 is 0 Å². The standard InChI is InChI=1S/C19H27N7O4/c1-25(2)17-22-16(23-18(24-17)26-5-7-30-8-6-26)12-20-19(27)21-13-9-14(28-3)11-15(10-13)29-4/h9-11H,5-8,12H2,1-4H3,(H2,20,21,27). The number of urea groups is 1. The molecule has 11 heteroatoms. The number of methoxy groups -OCH3 is 2. The van der Waals surface area contributed by atoms with E-state index in [4.69, 9.17) is 14.2 Å². The van der Waals surface area contributed by atoms with E-state index in [1.807, 2.05) is 19.0 Å². The maximum atomic E-state index is 12.4. The van der Waals surface area contributed by atoms with E-state index in [1.165, 1.54) is 0 Å². The molecule has 2 amide bonds. The third kappa shape index (κ3) is 5.60. The highest BCUT2D eigenvalue weighted by Crippen LogP contribution is 2.25. The van der Waals surface area contributed by atoms with Crippen molar-refractivity contribution in [1.82, 2.24) is 20.3 Å². The molecule has 30 heavy (non-hydrogen) atoms. The summed E-state index contributed by atoms with van der Waals surface area (Å²) in [4.78, 5) is 29.7. The molecule has 0 saturated carbocycles. The van der Waals surface area contributed by atoms with Crippen LogP contribution in [0, 0.1) is 0 Å².